The van der Waals surface area contributed by atoms with E-state index in [1.165, 1.54) is 12.8 Å². The molecule has 124 valence electrons. The lowest BCUT2D eigenvalue weighted by Gasteiger charge is -2.31. The van der Waals surface area contributed by atoms with Crippen LogP contribution in [0.3, 0.4) is 0 Å². The number of piperidine rings is 1. The van der Waals surface area contributed by atoms with E-state index in [2.05, 4.69) is 22.1 Å². The van der Waals surface area contributed by atoms with E-state index in [0.29, 0.717) is 12.2 Å². The minimum atomic E-state index is -0.551. The Morgan fingerprint density at radius 2 is 2.26 bits per heavy atom. The van der Waals surface area contributed by atoms with Crippen molar-refractivity contribution >= 4 is 11.4 Å². The molecule has 0 aliphatic carbocycles. The van der Waals surface area contributed by atoms with Gasteiger partial charge in [0.15, 0.2) is 0 Å². The number of likely N-dealkylation sites (tertiary alicyclic amines) is 1. The highest BCUT2D eigenvalue weighted by Crippen LogP contribution is 2.15. The van der Waals surface area contributed by atoms with Gasteiger partial charge in [0, 0.05) is 24.8 Å². The average molecular weight is 316 g/mol. The Labute approximate surface area is 136 Å². The molecule has 3 rings (SSSR count). The topological polar surface area (TPSA) is 69.9 Å². The summed E-state index contributed by atoms with van der Waals surface area (Å²) >= 11 is 0. The van der Waals surface area contributed by atoms with Crippen molar-refractivity contribution in [2.24, 2.45) is 5.92 Å². The van der Waals surface area contributed by atoms with Gasteiger partial charge in [-0.05, 0) is 50.0 Å². The smallest absolute Gasteiger partial charge is 0.270 e. The third-order valence-corrected chi connectivity index (χ3v) is 4.49. The van der Waals surface area contributed by atoms with E-state index in [0.717, 1.165) is 24.5 Å². The number of hydrogen-bond donors (Lipinski definition) is 2. The lowest BCUT2D eigenvalue weighted by atomic mass is 9.99. The van der Waals surface area contributed by atoms with Crippen LogP contribution in [0.1, 0.15) is 30.3 Å². The summed E-state index contributed by atoms with van der Waals surface area (Å²) in [6, 6.07) is 5.57. The maximum atomic E-state index is 12.1. The second kappa shape index (κ2) is 7.10. The Kier molecular flexibility index (Phi) is 4.93. The molecule has 1 saturated heterocycles. The van der Waals surface area contributed by atoms with Gasteiger partial charge in [0.1, 0.15) is 5.69 Å². The Bertz CT molecular complexity index is 661. The average Bonchev–Trinajstić information content (AvgIpc) is 3.02. The normalized spacial score (nSPS) is 18.2. The van der Waals surface area contributed by atoms with Gasteiger partial charge in [-0.25, -0.2) is 4.98 Å². The molecule has 0 spiro atoms. The molecule has 0 radical (unpaired) electrons. The van der Waals surface area contributed by atoms with E-state index in [-0.39, 0.29) is 12.5 Å². The van der Waals surface area contributed by atoms with Gasteiger partial charge in [-0.3, -0.25) is 4.79 Å². The number of β-amino-alcohol motifs (C(OH)–C–C–N with tert-alkyl or cyclic N) is 1. The number of nitrogens with zero attached hydrogens (tertiary/aromatic N) is 3. The number of aliphatic hydroxyl groups is 1. The zero-order valence-electron chi connectivity index (χ0n) is 13.5. The van der Waals surface area contributed by atoms with Gasteiger partial charge in [0.25, 0.3) is 5.91 Å². The van der Waals surface area contributed by atoms with Crippen LogP contribution in [0, 0.1) is 5.92 Å². The summed E-state index contributed by atoms with van der Waals surface area (Å²) in [5.74, 6) is 0.526. The fraction of sp³-hybridized carbons (Fsp3) is 0.529. The summed E-state index contributed by atoms with van der Waals surface area (Å²) in [6.45, 7) is 5.18. The Morgan fingerprint density at radius 3 is 3.04 bits per heavy atom. The number of amides is 1. The van der Waals surface area contributed by atoms with E-state index in [1.54, 1.807) is 12.4 Å². The van der Waals surface area contributed by atoms with Crippen molar-refractivity contribution < 1.29 is 9.90 Å². The number of fused-ring (bicyclic) bond motifs is 1. The van der Waals surface area contributed by atoms with E-state index in [9.17, 15) is 9.90 Å². The highest BCUT2D eigenvalue weighted by molar-refractivity contribution is 5.93. The first kappa shape index (κ1) is 16.0. The molecule has 1 atom stereocenters. The van der Waals surface area contributed by atoms with Crippen molar-refractivity contribution in [2.75, 3.05) is 26.2 Å². The van der Waals surface area contributed by atoms with Crippen LogP contribution in [-0.2, 0) is 0 Å². The van der Waals surface area contributed by atoms with E-state index in [4.69, 9.17) is 0 Å². The molecule has 23 heavy (non-hydrogen) atoms. The minimum Gasteiger partial charge on any atom is -0.390 e. The largest absolute Gasteiger partial charge is 0.390 e. The molecule has 1 amide bonds. The van der Waals surface area contributed by atoms with Gasteiger partial charge in [-0.15, -0.1) is 0 Å². The lowest BCUT2D eigenvalue weighted by molar-refractivity contribution is 0.0792. The fourth-order valence-electron chi connectivity index (χ4n) is 2.97. The molecule has 2 N–H and O–H groups in total. The molecule has 1 fully saturated rings. The molecule has 0 saturated carbocycles. The van der Waals surface area contributed by atoms with Crippen molar-refractivity contribution in [1.82, 2.24) is 19.6 Å². The third-order valence-electron chi connectivity index (χ3n) is 4.49. The minimum absolute atomic E-state index is 0.249. The van der Waals surface area contributed by atoms with E-state index >= 15 is 0 Å². The molecule has 0 aromatic carbocycles. The first-order chi connectivity index (χ1) is 11.1. The highest BCUT2D eigenvalue weighted by Gasteiger charge is 2.19. The van der Waals surface area contributed by atoms with Gasteiger partial charge in [0.2, 0.25) is 0 Å². The van der Waals surface area contributed by atoms with E-state index < -0.39 is 6.10 Å². The molecule has 0 bridgehead atoms. The van der Waals surface area contributed by atoms with Crippen LogP contribution < -0.4 is 5.32 Å². The quantitative estimate of drug-likeness (QED) is 0.868. The van der Waals surface area contributed by atoms with Gasteiger partial charge < -0.3 is 19.7 Å². The lowest BCUT2D eigenvalue weighted by Crippen LogP contribution is -2.43. The van der Waals surface area contributed by atoms with Gasteiger partial charge >= 0.3 is 0 Å². The van der Waals surface area contributed by atoms with Crippen LogP contribution in [0.15, 0.2) is 30.7 Å². The zero-order chi connectivity index (χ0) is 16.2. The number of aromatic nitrogens is 2. The summed E-state index contributed by atoms with van der Waals surface area (Å²) in [7, 11) is 0. The number of aliphatic hydroxyl groups excluding tert-OH is 1. The number of rotatable bonds is 5. The number of hydrogen-bond acceptors (Lipinski definition) is 4. The number of carbonyl (C=O) groups excluding carboxylic acids is 1. The van der Waals surface area contributed by atoms with Crippen LogP contribution in [0.2, 0.25) is 0 Å². The molecule has 6 nitrogen and oxygen atoms in total. The summed E-state index contributed by atoms with van der Waals surface area (Å²) in [4.78, 5) is 18.5. The maximum Gasteiger partial charge on any atom is 0.270 e. The molecule has 2 aromatic heterocycles. The molecule has 2 aromatic rings. The predicted molar refractivity (Wildman–Crippen MR) is 88.4 cm³/mol. The van der Waals surface area contributed by atoms with Crippen LogP contribution >= 0.6 is 0 Å². The van der Waals surface area contributed by atoms with Crippen molar-refractivity contribution in [3.8, 4) is 0 Å². The predicted octanol–water partition coefficient (Wildman–Crippen LogP) is 1.16. The van der Waals surface area contributed by atoms with Crippen LogP contribution in [-0.4, -0.2) is 57.6 Å². The summed E-state index contributed by atoms with van der Waals surface area (Å²) in [5.41, 5.74) is 1.29. The molecular formula is C17H24N4O2. The first-order valence-corrected chi connectivity index (χ1v) is 8.23. The van der Waals surface area contributed by atoms with Crippen LogP contribution in [0.4, 0.5) is 0 Å². The van der Waals surface area contributed by atoms with Crippen LogP contribution in [0.25, 0.3) is 5.52 Å². The monoisotopic (exact) mass is 316 g/mol. The van der Waals surface area contributed by atoms with Crippen LogP contribution in [0.5, 0.6) is 0 Å². The molecule has 3 heterocycles. The second-order valence-corrected chi connectivity index (χ2v) is 6.46. The second-order valence-electron chi connectivity index (χ2n) is 6.46. The summed E-state index contributed by atoms with van der Waals surface area (Å²) in [6.07, 6.45) is 5.31. The Hall–Kier alpha value is -1.92. The van der Waals surface area contributed by atoms with Crippen molar-refractivity contribution in [3.63, 3.8) is 0 Å². The summed E-state index contributed by atoms with van der Waals surface area (Å²) < 4.78 is 1.85. The molecule has 1 aliphatic rings. The SMILES string of the molecule is CC1CCN(CC(O)CNC(=O)c2cc3cccn3cn2)CC1. The zero-order valence-corrected chi connectivity index (χ0v) is 13.5. The Morgan fingerprint density at radius 1 is 1.48 bits per heavy atom. The highest BCUT2D eigenvalue weighted by atomic mass is 16.3. The van der Waals surface area contributed by atoms with Gasteiger partial charge in [-0.1, -0.05) is 6.92 Å². The van der Waals surface area contributed by atoms with Crippen molar-refractivity contribution in [2.45, 2.75) is 25.9 Å². The standard InChI is InChI=1S/C17H24N4O2/c1-13-4-7-20(8-5-13)11-15(22)10-18-17(23)16-9-14-3-2-6-21(14)12-19-16/h2-3,6,9,12-13,15,22H,4-5,7-8,10-11H2,1H3,(H,18,23). The van der Waals surface area contributed by atoms with Gasteiger partial charge in [-0.2, -0.15) is 0 Å². The molecule has 6 heteroatoms. The van der Waals surface area contributed by atoms with Crippen molar-refractivity contribution in [3.05, 3.63) is 36.4 Å². The third kappa shape index (κ3) is 4.09. The fourth-order valence-corrected chi connectivity index (χ4v) is 2.97. The number of nitrogens with one attached hydrogen (secondary N) is 1. The Balaban J connectivity index is 1.48. The molecule has 1 unspecified atom stereocenters. The summed E-state index contributed by atoms with van der Waals surface area (Å²) in [5, 5.41) is 12.9. The number of carbonyl (C=O) groups is 1. The van der Waals surface area contributed by atoms with E-state index in [1.807, 2.05) is 22.7 Å². The maximum absolute atomic E-state index is 12.1. The van der Waals surface area contributed by atoms with Gasteiger partial charge in [0.05, 0.1) is 12.4 Å². The first-order valence-electron chi connectivity index (χ1n) is 8.23. The molecule has 1 aliphatic heterocycles. The van der Waals surface area contributed by atoms with Crippen molar-refractivity contribution in [1.29, 1.82) is 0 Å². The molecular weight excluding hydrogens is 292 g/mol.